The molecule has 0 radical (unpaired) electrons. The van der Waals surface area contributed by atoms with Crippen LogP contribution in [0.4, 0.5) is 0 Å². The Hall–Kier alpha value is 2.78. The van der Waals surface area contributed by atoms with Gasteiger partial charge in [0.25, 0.3) is 0 Å². The summed E-state index contributed by atoms with van der Waals surface area (Å²) in [7, 11) is -17.0. The van der Waals surface area contributed by atoms with Crippen LogP contribution in [-0.2, 0) is 37.5 Å². The second kappa shape index (κ2) is 28.6. The van der Waals surface area contributed by atoms with Crippen LogP contribution in [0, 0.1) is 0 Å². The topological polar surface area (TPSA) is 319 Å². The van der Waals surface area contributed by atoms with Crippen molar-refractivity contribution in [3.8, 4) is 0 Å². The van der Waals surface area contributed by atoms with E-state index in [4.69, 9.17) is 66.6 Å². The fourth-order valence-corrected chi connectivity index (χ4v) is 0. The monoisotopic (exact) mass is 556 g/mol. The molecule has 0 saturated carbocycles. The van der Waals surface area contributed by atoms with E-state index in [2.05, 4.69) is 0 Å². The van der Waals surface area contributed by atoms with Gasteiger partial charge < -0.3 is 63.1 Å². The summed E-state index contributed by atoms with van der Waals surface area (Å²) in [6.45, 7) is 0. The molecule has 22 heavy (non-hydrogen) atoms. The van der Waals surface area contributed by atoms with Crippen LogP contribution >= 0.6 is 15.6 Å². The summed E-state index contributed by atoms with van der Waals surface area (Å²) < 4.78 is 34.6. The number of phosphoric acid groups is 2. The van der Waals surface area contributed by atoms with Crippen molar-refractivity contribution in [2.45, 2.75) is 0 Å². The molecular weight excluding hydrogens is 551 g/mol. The molecule has 6 N–H and O–H groups in total. The maximum atomic E-state index is 8.74. The summed E-state index contributed by atoms with van der Waals surface area (Å²) in [6.07, 6.45) is 0. The van der Waals surface area contributed by atoms with E-state index in [1.165, 1.54) is 0 Å². The quantitative estimate of drug-likeness (QED) is 0.159. The largest absolute Gasteiger partial charge is 2.00 e. The van der Waals surface area contributed by atoms with Crippen molar-refractivity contribution in [2.24, 2.45) is 0 Å². The molecule has 120 valence electrons. The third kappa shape index (κ3) is 1400. The summed E-state index contributed by atoms with van der Waals surface area (Å²) in [4.78, 5) is 79.9. The van der Waals surface area contributed by atoms with Gasteiger partial charge in [-0.15, -0.1) is 0 Å². The molecule has 0 saturated heterocycles. The van der Waals surface area contributed by atoms with Gasteiger partial charge in [-0.1, -0.05) is 0 Å². The van der Waals surface area contributed by atoms with Crippen LogP contribution in [0.15, 0.2) is 0 Å². The maximum Gasteiger partial charge on any atom is 2.00 e. The Morgan fingerprint density at radius 3 is 0.682 bits per heavy atom. The Bertz CT molecular complexity index is 267. The molecule has 0 rings (SSSR count). The molecule has 22 heteroatoms. The molecule has 0 aromatic rings. The molecule has 0 unspecified atom stereocenters. The van der Waals surface area contributed by atoms with Crippen molar-refractivity contribution in [1.29, 1.82) is 0 Å². The van der Waals surface area contributed by atoms with Crippen LogP contribution in [-0.4, -0.2) is 126 Å². The number of hydrogen-bond donors (Lipinski definition) is 4. The van der Waals surface area contributed by atoms with Gasteiger partial charge in [-0.2, -0.15) is 15.6 Å². The van der Waals surface area contributed by atoms with Crippen LogP contribution in [0.3, 0.4) is 0 Å². The van der Waals surface area contributed by atoms with Crippen LogP contribution in [0.1, 0.15) is 0 Å². The van der Waals surface area contributed by atoms with E-state index in [1.807, 2.05) is 0 Å². The minimum absolute atomic E-state index is 0. The smallest absolute Gasteiger partial charge is 0.822 e. The van der Waals surface area contributed by atoms with Crippen molar-refractivity contribution >= 4 is 117 Å². The van der Waals surface area contributed by atoms with Crippen LogP contribution in [0.25, 0.3) is 0 Å². The zero-order valence-electron chi connectivity index (χ0n) is 10.4. The van der Waals surface area contributed by atoms with Gasteiger partial charge in [0.05, 0.1) is 0 Å². The van der Waals surface area contributed by atoms with E-state index < -0.39 is 34.0 Å². The standard InChI is InChI=1S/Ca.2H3O4P.2H2O3Si.H2O.Sr.Zn/c;2*1-5(2,3)4;2*1-4(2)3;;;/h;2*(H3,1,2,3,4);2*1-2H;1H2;;/q+2;;;;;;2*+2/p-6. The van der Waals surface area contributed by atoms with Gasteiger partial charge in [0, 0.05) is 0 Å². The molecule has 0 aromatic heterocycles. The molecular formula is H6CaO15P2Si2SrZn. The van der Waals surface area contributed by atoms with Crippen molar-refractivity contribution in [3.05, 3.63) is 0 Å². The number of hydrogen-bond acceptors (Lipinski definition) is 10. The Labute approximate surface area is 205 Å². The first kappa shape index (κ1) is 49.8. The minimum atomic E-state index is -5.39. The second-order valence-electron chi connectivity index (χ2n) is 1.46. The summed E-state index contributed by atoms with van der Waals surface area (Å²) >= 11 is 0. The molecule has 0 aliphatic carbocycles. The molecule has 0 fully saturated rings. The van der Waals surface area contributed by atoms with Crippen LogP contribution in [0.2, 0.25) is 0 Å². The molecule has 0 aromatic carbocycles. The van der Waals surface area contributed by atoms with Crippen LogP contribution in [0.5, 0.6) is 0 Å². The maximum absolute atomic E-state index is 8.74. The molecule has 0 spiro atoms. The van der Waals surface area contributed by atoms with Gasteiger partial charge in [-0.3, -0.25) is 8.92 Å². The fraction of sp³-hybridized carbons (Fsp3) is 0. The molecule has 0 atom stereocenters. The Morgan fingerprint density at radius 2 is 0.682 bits per heavy atom. The molecule has 0 heterocycles. The van der Waals surface area contributed by atoms with Crippen molar-refractivity contribution in [1.82, 2.24) is 0 Å². The summed E-state index contributed by atoms with van der Waals surface area (Å²) in [5, 5.41) is 0. The molecule has 0 bridgehead atoms. The van der Waals surface area contributed by atoms with E-state index in [9.17, 15) is 0 Å². The SMILES string of the molecule is O.O=P([O-])([O-])[O-].O=P([O-])([O-])[O-].O=[Si](O)O.O=[Si](O)O.[Ca+2].[Sr+2].[Zn+2]. The Morgan fingerprint density at radius 1 is 0.682 bits per heavy atom. The summed E-state index contributed by atoms with van der Waals surface area (Å²) in [5.41, 5.74) is 0. The van der Waals surface area contributed by atoms with E-state index in [0.29, 0.717) is 0 Å². The summed E-state index contributed by atoms with van der Waals surface area (Å²) in [6, 6.07) is 0. The van der Waals surface area contributed by atoms with Crippen molar-refractivity contribution in [2.75, 3.05) is 0 Å². The molecule has 0 aliphatic rings. The van der Waals surface area contributed by atoms with E-state index >= 15 is 0 Å². The number of rotatable bonds is 0. The first-order chi connectivity index (χ1) is 7.46. The van der Waals surface area contributed by atoms with Gasteiger partial charge >= 0.3 is 121 Å². The summed E-state index contributed by atoms with van der Waals surface area (Å²) in [5.74, 6) is 0. The van der Waals surface area contributed by atoms with Gasteiger partial charge in [0.1, 0.15) is 0 Å². The van der Waals surface area contributed by atoms with E-state index in [0.717, 1.165) is 0 Å². The Kier molecular flexibility index (Phi) is 64.6. The van der Waals surface area contributed by atoms with Gasteiger partial charge in [0.15, 0.2) is 0 Å². The van der Waals surface area contributed by atoms with Crippen molar-refractivity contribution < 1.29 is 91.6 Å². The third-order valence-electron chi connectivity index (χ3n) is 0. The average molecular weight is 557 g/mol. The first-order valence-corrected chi connectivity index (χ1v) is 8.29. The zero-order chi connectivity index (χ0) is 16.2. The van der Waals surface area contributed by atoms with Crippen LogP contribution < -0.4 is 29.4 Å². The molecule has 0 aliphatic heterocycles. The zero-order valence-corrected chi connectivity index (χ0v) is 22.8. The van der Waals surface area contributed by atoms with Gasteiger partial charge in [-0.25, -0.2) is 0 Å². The predicted molar refractivity (Wildman–Crippen MR) is 52.1 cm³/mol. The normalized spacial score (nSPS) is 7.55. The van der Waals surface area contributed by atoms with E-state index in [1.54, 1.807) is 0 Å². The second-order valence-corrected chi connectivity index (χ2v) is 4.38. The van der Waals surface area contributed by atoms with Crippen molar-refractivity contribution in [3.63, 3.8) is 0 Å². The Balaban J connectivity index is -0.0000000188. The van der Waals surface area contributed by atoms with E-state index in [-0.39, 0.29) is 108 Å². The third-order valence-corrected chi connectivity index (χ3v) is 0. The minimum Gasteiger partial charge on any atom is -0.822 e. The fourth-order valence-electron chi connectivity index (χ4n) is 0. The molecule has 15 nitrogen and oxygen atoms in total. The van der Waals surface area contributed by atoms with Gasteiger partial charge in [0.2, 0.25) is 0 Å². The predicted octanol–water partition coefficient (Wildman–Crippen LogP) is -10.5. The average Bonchev–Trinajstić information content (AvgIpc) is 1.70. The molecule has 0 amide bonds. The van der Waals surface area contributed by atoms with Gasteiger partial charge in [-0.05, 0) is 0 Å². The first-order valence-electron chi connectivity index (χ1n) is 2.76.